The third kappa shape index (κ3) is 4.51. The van der Waals surface area contributed by atoms with Crippen molar-refractivity contribution < 1.29 is 9.94 Å². The molecule has 0 saturated carbocycles. The summed E-state index contributed by atoms with van der Waals surface area (Å²) in [7, 11) is 3.58. The lowest BCUT2D eigenvalue weighted by Gasteiger charge is -2.30. The lowest BCUT2D eigenvalue weighted by atomic mass is 9.82. The van der Waals surface area contributed by atoms with Crippen molar-refractivity contribution in [3.05, 3.63) is 123 Å². The van der Waals surface area contributed by atoms with Gasteiger partial charge in [-0.2, -0.15) is 0 Å². The molecule has 1 N–H and O–H groups in total. The van der Waals surface area contributed by atoms with Gasteiger partial charge in [-0.1, -0.05) is 53.2 Å². The van der Waals surface area contributed by atoms with Crippen LogP contribution in [-0.4, -0.2) is 32.0 Å². The molecule has 0 spiro atoms. The van der Waals surface area contributed by atoms with Gasteiger partial charge in [0, 0.05) is 30.6 Å². The number of hydrogen-bond donors (Lipinski definition) is 1. The average molecular weight is 527 g/mol. The zero-order valence-electron chi connectivity index (χ0n) is 21.3. The van der Waals surface area contributed by atoms with Crippen molar-refractivity contribution in [1.29, 1.82) is 0 Å². The summed E-state index contributed by atoms with van der Waals surface area (Å²) in [6.45, 7) is 2.35. The highest BCUT2D eigenvalue weighted by Gasteiger charge is 2.37. The van der Waals surface area contributed by atoms with Gasteiger partial charge in [-0.25, -0.2) is 4.98 Å². The van der Waals surface area contributed by atoms with Gasteiger partial charge in [0.25, 0.3) is 5.56 Å². The van der Waals surface area contributed by atoms with E-state index in [2.05, 4.69) is 10.1 Å². The van der Waals surface area contributed by atoms with E-state index in [4.69, 9.17) is 16.4 Å². The van der Waals surface area contributed by atoms with Crippen LogP contribution in [0, 0.1) is 0 Å². The van der Waals surface area contributed by atoms with E-state index in [1.165, 1.54) is 0 Å². The molecule has 2 aromatic heterocycles. The molecule has 0 aliphatic heterocycles. The minimum Gasteiger partial charge on any atom is -0.396 e. The first-order chi connectivity index (χ1) is 18.3. The number of oxime groups is 1. The van der Waals surface area contributed by atoms with Crippen LogP contribution in [0.1, 0.15) is 29.3 Å². The van der Waals surface area contributed by atoms with Gasteiger partial charge >= 0.3 is 0 Å². The molecule has 0 aliphatic carbocycles. The molecule has 7 nitrogen and oxygen atoms in total. The maximum absolute atomic E-state index is 12.9. The summed E-state index contributed by atoms with van der Waals surface area (Å²) in [5.41, 5.74) is 3.40. The second-order valence-electron chi connectivity index (χ2n) is 9.07. The Kier molecular flexibility index (Phi) is 6.89. The molecule has 1 unspecified atom stereocenters. The zero-order valence-corrected chi connectivity index (χ0v) is 22.1. The van der Waals surface area contributed by atoms with Crippen LogP contribution in [0.4, 0.5) is 0 Å². The molecule has 8 heteroatoms. The number of aryl methyl sites for hydroxylation is 2. The topological polar surface area (TPSA) is 81.6 Å². The van der Waals surface area contributed by atoms with Gasteiger partial charge in [0.1, 0.15) is 6.61 Å². The number of hydrogen-bond acceptors (Lipinski definition) is 5. The SMILES string of the molecule is CCO/N=C/c1cccc(-c2cc(=O)n(C)c3ccc(C(O)(c4ccc(Cl)cc4)c4cncn4C)cc23)c1. The molecule has 0 fully saturated rings. The fourth-order valence-electron chi connectivity index (χ4n) is 4.74. The van der Waals surface area contributed by atoms with E-state index in [9.17, 15) is 9.90 Å². The molecular weight excluding hydrogens is 500 g/mol. The van der Waals surface area contributed by atoms with Crippen molar-refractivity contribution in [1.82, 2.24) is 14.1 Å². The highest BCUT2D eigenvalue weighted by molar-refractivity contribution is 6.30. The highest BCUT2D eigenvalue weighted by atomic mass is 35.5. The number of aliphatic hydroxyl groups is 1. The number of rotatable bonds is 7. The molecule has 5 aromatic rings. The zero-order chi connectivity index (χ0) is 26.9. The van der Waals surface area contributed by atoms with Crippen LogP contribution in [0.5, 0.6) is 0 Å². The Hall–Kier alpha value is -4.20. The van der Waals surface area contributed by atoms with Gasteiger partial charge in [0.05, 0.1) is 29.9 Å². The first-order valence-electron chi connectivity index (χ1n) is 12.2. The molecule has 0 radical (unpaired) electrons. The number of fused-ring (bicyclic) bond motifs is 1. The van der Waals surface area contributed by atoms with E-state index < -0.39 is 5.60 Å². The fraction of sp³-hybridized carbons (Fsp3) is 0.167. The van der Waals surface area contributed by atoms with E-state index in [1.54, 1.807) is 53.1 Å². The summed E-state index contributed by atoms with van der Waals surface area (Å²) >= 11 is 6.17. The van der Waals surface area contributed by atoms with E-state index >= 15 is 0 Å². The van der Waals surface area contributed by atoms with E-state index in [1.807, 2.05) is 68.6 Å². The summed E-state index contributed by atoms with van der Waals surface area (Å²) in [6.07, 6.45) is 4.95. The number of nitrogens with zero attached hydrogens (tertiary/aromatic N) is 4. The monoisotopic (exact) mass is 526 g/mol. The van der Waals surface area contributed by atoms with Crippen LogP contribution >= 0.6 is 11.6 Å². The molecule has 0 amide bonds. The molecular formula is C30H27ClN4O3. The third-order valence-corrected chi connectivity index (χ3v) is 6.97. The molecule has 3 aromatic carbocycles. The van der Waals surface area contributed by atoms with Crippen LogP contribution < -0.4 is 5.56 Å². The fourth-order valence-corrected chi connectivity index (χ4v) is 4.87. The first-order valence-corrected chi connectivity index (χ1v) is 12.6. The number of pyridine rings is 1. The Morgan fingerprint density at radius 2 is 1.82 bits per heavy atom. The van der Waals surface area contributed by atoms with Crippen molar-refractivity contribution in [2.75, 3.05) is 6.61 Å². The number of aromatic nitrogens is 3. The smallest absolute Gasteiger partial charge is 0.251 e. The van der Waals surface area contributed by atoms with Gasteiger partial charge < -0.3 is 19.1 Å². The molecule has 38 heavy (non-hydrogen) atoms. The van der Waals surface area contributed by atoms with Gasteiger partial charge in [-0.15, -0.1) is 0 Å². The van der Waals surface area contributed by atoms with Crippen molar-refractivity contribution in [3.63, 3.8) is 0 Å². The van der Waals surface area contributed by atoms with Crippen LogP contribution in [0.3, 0.4) is 0 Å². The van der Waals surface area contributed by atoms with Crippen LogP contribution in [0.15, 0.2) is 95.3 Å². The Labute approximate surface area is 225 Å². The lowest BCUT2D eigenvalue weighted by molar-refractivity contribution is 0.117. The summed E-state index contributed by atoms with van der Waals surface area (Å²) in [6, 6.07) is 22.1. The molecule has 192 valence electrons. The Balaban J connectivity index is 1.76. The maximum Gasteiger partial charge on any atom is 0.251 e. The maximum atomic E-state index is 12.9. The Morgan fingerprint density at radius 1 is 1.05 bits per heavy atom. The standard InChI is InChI=1S/C30H27ClN4O3/c1-4-38-33-17-20-6-5-7-21(14-20)25-16-29(36)35(3)27-13-10-23(15-26(25)27)30(37,28-18-32-19-34(28)2)22-8-11-24(31)12-9-22/h5-19,37H,4H2,1-3H3/b33-17+. The van der Waals surface area contributed by atoms with Gasteiger partial charge in [-0.3, -0.25) is 4.79 Å². The predicted molar refractivity (Wildman–Crippen MR) is 151 cm³/mol. The quantitative estimate of drug-likeness (QED) is 0.232. The molecule has 5 rings (SSSR count). The minimum atomic E-state index is -1.53. The molecule has 2 heterocycles. The average Bonchev–Trinajstić information content (AvgIpc) is 3.37. The molecule has 0 saturated heterocycles. The number of halogens is 1. The second-order valence-corrected chi connectivity index (χ2v) is 9.51. The summed E-state index contributed by atoms with van der Waals surface area (Å²) < 4.78 is 3.40. The van der Waals surface area contributed by atoms with Crippen molar-refractivity contribution in [2.45, 2.75) is 12.5 Å². The molecule has 1 atom stereocenters. The summed E-state index contributed by atoms with van der Waals surface area (Å²) in [5, 5.41) is 17.8. The third-order valence-electron chi connectivity index (χ3n) is 6.72. The number of benzene rings is 3. The highest BCUT2D eigenvalue weighted by Crippen LogP contribution is 2.39. The van der Waals surface area contributed by atoms with Crippen molar-refractivity contribution >= 4 is 28.7 Å². The van der Waals surface area contributed by atoms with Gasteiger partial charge in [0.2, 0.25) is 0 Å². The second kappa shape index (κ2) is 10.3. The largest absolute Gasteiger partial charge is 0.396 e. The normalized spacial score (nSPS) is 13.2. The lowest BCUT2D eigenvalue weighted by Crippen LogP contribution is -2.31. The van der Waals surface area contributed by atoms with E-state index in [0.717, 1.165) is 27.6 Å². The van der Waals surface area contributed by atoms with Crippen LogP contribution in [0.2, 0.25) is 5.02 Å². The summed E-state index contributed by atoms with van der Waals surface area (Å²) in [5.74, 6) is 0. The first kappa shape index (κ1) is 25.4. The van der Waals surface area contributed by atoms with Crippen molar-refractivity contribution in [3.8, 4) is 11.1 Å². The predicted octanol–water partition coefficient (Wildman–Crippen LogP) is 5.25. The van der Waals surface area contributed by atoms with Crippen molar-refractivity contribution in [2.24, 2.45) is 19.3 Å². The number of imidazole rings is 1. The Bertz CT molecular complexity index is 1710. The van der Waals surface area contributed by atoms with Crippen LogP contribution in [-0.2, 0) is 24.5 Å². The Morgan fingerprint density at radius 3 is 2.53 bits per heavy atom. The van der Waals surface area contributed by atoms with E-state index in [0.29, 0.717) is 28.5 Å². The van der Waals surface area contributed by atoms with Gasteiger partial charge in [-0.05, 0) is 65.1 Å². The van der Waals surface area contributed by atoms with Gasteiger partial charge in [0.15, 0.2) is 5.60 Å². The molecule has 0 bridgehead atoms. The van der Waals surface area contributed by atoms with E-state index in [-0.39, 0.29) is 5.56 Å². The summed E-state index contributed by atoms with van der Waals surface area (Å²) in [4.78, 5) is 22.3. The van der Waals surface area contributed by atoms with Crippen LogP contribution in [0.25, 0.3) is 22.0 Å². The molecule has 0 aliphatic rings. The minimum absolute atomic E-state index is 0.131.